The Hall–Kier alpha value is -3.25. The number of ether oxygens (including phenoxy) is 1. The maximum atomic E-state index is 12.5. The molecule has 4 aromatic rings. The molecule has 5 nitrogen and oxygen atoms in total. The van der Waals surface area contributed by atoms with E-state index in [1.54, 1.807) is 19.4 Å². The summed E-state index contributed by atoms with van der Waals surface area (Å²) in [6, 6.07) is 19.7. The molecule has 0 bridgehead atoms. The molecular formula is C22H19N3O2S. The monoisotopic (exact) mass is 389 g/mol. The zero-order valence-corrected chi connectivity index (χ0v) is 16.2. The largest absolute Gasteiger partial charge is 0.497 e. The van der Waals surface area contributed by atoms with Gasteiger partial charge in [-0.15, -0.1) is 0 Å². The lowest BCUT2D eigenvalue weighted by molar-refractivity contribution is 0.102. The number of hydrogen-bond donors (Lipinski definition) is 1. The van der Waals surface area contributed by atoms with Crippen LogP contribution in [-0.4, -0.2) is 23.0 Å². The van der Waals surface area contributed by atoms with Gasteiger partial charge in [0.2, 0.25) is 0 Å². The smallest absolute Gasteiger partial charge is 0.276 e. The van der Waals surface area contributed by atoms with Crippen molar-refractivity contribution in [2.24, 2.45) is 0 Å². The number of aromatic nitrogens is 2. The number of carbonyl (C=O) groups is 1. The summed E-state index contributed by atoms with van der Waals surface area (Å²) in [5.41, 5.74) is 3.59. The molecule has 4 rings (SSSR count). The summed E-state index contributed by atoms with van der Waals surface area (Å²) in [6.07, 6.45) is 3.60. The third kappa shape index (κ3) is 4.18. The Balaban J connectivity index is 1.40. The van der Waals surface area contributed by atoms with Gasteiger partial charge in [0.25, 0.3) is 5.91 Å². The number of amides is 1. The van der Waals surface area contributed by atoms with E-state index >= 15 is 0 Å². The van der Waals surface area contributed by atoms with Crippen LogP contribution >= 0.6 is 11.3 Å². The van der Waals surface area contributed by atoms with Crippen molar-refractivity contribution in [3.63, 3.8) is 0 Å². The topological polar surface area (TPSA) is 64.1 Å². The van der Waals surface area contributed by atoms with Crippen molar-refractivity contribution in [2.75, 3.05) is 12.4 Å². The van der Waals surface area contributed by atoms with Crippen LogP contribution < -0.4 is 10.1 Å². The van der Waals surface area contributed by atoms with Crippen molar-refractivity contribution in [3.05, 3.63) is 83.7 Å². The third-order valence-corrected chi connectivity index (χ3v) is 5.35. The standard InChI is InChI=1S/C22H19N3O2S/c1-27-17-10-12-18-20(13-17)28-22(24-18)25-21(26)19-11-9-16(14-23-19)8-7-15-5-3-2-4-6-15/h2-6,9-14H,7-8H2,1H3,(H,24,25,26). The van der Waals surface area contributed by atoms with Gasteiger partial charge in [-0.05, 0) is 48.2 Å². The lowest BCUT2D eigenvalue weighted by atomic mass is 10.1. The van der Waals surface area contributed by atoms with Gasteiger partial charge in [-0.2, -0.15) is 0 Å². The minimum Gasteiger partial charge on any atom is -0.497 e. The van der Waals surface area contributed by atoms with Crippen LogP contribution in [0.1, 0.15) is 21.6 Å². The van der Waals surface area contributed by atoms with Gasteiger partial charge in [-0.25, -0.2) is 4.98 Å². The molecule has 2 heterocycles. The fourth-order valence-corrected chi connectivity index (χ4v) is 3.78. The highest BCUT2D eigenvalue weighted by molar-refractivity contribution is 7.22. The van der Waals surface area contributed by atoms with Crippen molar-refractivity contribution in [3.8, 4) is 5.75 Å². The van der Waals surface area contributed by atoms with E-state index in [1.165, 1.54) is 16.9 Å². The molecule has 0 unspecified atom stereocenters. The number of thiazole rings is 1. The van der Waals surface area contributed by atoms with Crippen molar-refractivity contribution in [2.45, 2.75) is 12.8 Å². The fraction of sp³-hybridized carbons (Fsp3) is 0.136. The lowest BCUT2D eigenvalue weighted by Gasteiger charge is -2.04. The van der Waals surface area contributed by atoms with Crippen LogP contribution in [0.4, 0.5) is 5.13 Å². The van der Waals surface area contributed by atoms with Crippen LogP contribution in [-0.2, 0) is 12.8 Å². The molecule has 2 aromatic carbocycles. The summed E-state index contributed by atoms with van der Waals surface area (Å²) in [4.78, 5) is 21.2. The molecule has 0 saturated heterocycles. The summed E-state index contributed by atoms with van der Waals surface area (Å²) in [7, 11) is 1.63. The number of rotatable bonds is 6. The van der Waals surface area contributed by atoms with Gasteiger partial charge in [0, 0.05) is 6.20 Å². The molecule has 0 spiro atoms. The molecule has 0 aliphatic rings. The summed E-state index contributed by atoms with van der Waals surface area (Å²) >= 11 is 1.41. The number of carbonyl (C=O) groups excluding carboxylic acids is 1. The van der Waals surface area contributed by atoms with Crippen molar-refractivity contribution >= 4 is 32.6 Å². The van der Waals surface area contributed by atoms with Crippen LogP contribution in [0.2, 0.25) is 0 Å². The van der Waals surface area contributed by atoms with E-state index in [0.29, 0.717) is 10.8 Å². The molecule has 0 saturated carbocycles. The second kappa shape index (κ2) is 8.19. The molecule has 2 aromatic heterocycles. The average Bonchev–Trinajstić information content (AvgIpc) is 3.14. The summed E-state index contributed by atoms with van der Waals surface area (Å²) in [6.45, 7) is 0. The number of hydrogen-bond acceptors (Lipinski definition) is 5. The highest BCUT2D eigenvalue weighted by Gasteiger charge is 2.11. The number of methoxy groups -OCH3 is 1. The van der Waals surface area contributed by atoms with Gasteiger partial charge < -0.3 is 4.74 Å². The number of fused-ring (bicyclic) bond motifs is 1. The van der Waals surface area contributed by atoms with Gasteiger partial charge in [0.05, 0.1) is 17.3 Å². The van der Waals surface area contributed by atoms with E-state index < -0.39 is 0 Å². The van der Waals surface area contributed by atoms with Crippen LogP contribution in [0.3, 0.4) is 0 Å². The van der Waals surface area contributed by atoms with Gasteiger partial charge in [0.1, 0.15) is 11.4 Å². The Bertz CT molecular complexity index is 1090. The van der Waals surface area contributed by atoms with Crippen molar-refractivity contribution in [1.82, 2.24) is 9.97 Å². The molecule has 0 radical (unpaired) electrons. The number of aryl methyl sites for hydroxylation is 2. The van der Waals surface area contributed by atoms with Crippen LogP contribution in [0.25, 0.3) is 10.2 Å². The molecule has 6 heteroatoms. The second-order valence-corrected chi connectivity index (χ2v) is 7.37. The molecule has 0 aliphatic heterocycles. The molecule has 0 fully saturated rings. The normalized spacial score (nSPS) is 10.8. The first-order valence-corrected chi connectivity index (χ1v) is 9.78. The number of pyridine rings is 1. The third-order valence-electron chi connectivity index (χ3n) is 4.42. The van der Waals surface area contributed by atoms with E-state index in [-0.39, 0.29) is 5.91 Å². The molecule has 1 amide bonds. The first-order chi connectivity index (χ1) is 13.7. The zero-order valence-electron chi connectivity index (χ0n) is 15.4. The Morgan fingerprint density at radius 2 is 1.86 bits per heavy atom. The van der Waals surface area contributed by atoms with E-state index in [0.717, 1.165) is 34.4 Å². The average molecular weight is 389 g/mol. The highest BCUT2D eigenvalue weighted by atomic mass is 32.1. The van der Waals surface area contributed by atoms with Gasteiger partial charge in [-0.1, -0.05) is 47.7 Å². The minimum atomic E-state index is -0.263. The molecule has 28 heavy (non-hydrogen) atoms. The number of nitrogens with zero attached hydrogens (tertiary/aromatic N) is 2. The Kier molecular flexibility index (Phi) is 5.30. The SMILES string of the molecule is COc1ccc2nc(NC(=O)c3ccc(CCc4ccccc4)cn3)sc2c1. The minimum absolute atomic E-state index is 0.263. The van der Waals surface area contributed by atoms with Crippen LogP contribution in [0.15, 0.2) is 66.9 Å². The van der Waals surface area contributed by atoms with E-state index in [4.69, 9.17) is 4.74 Å². The van der Waals surface area contributed by atoms with Crippen LogP contribution in [0, 0.1) is 0 Å². The second-order valence-electron chi connectivity index (χ2n) is 6.34. The zero-order chi connectivity index (χ0) is 19.3. The molecule has 140 valence electrons. The first kappa shape index (κ1) is 18.1. The van der Waals surface area contributed by atoms with E-state index in [9.17, 15) is 4.79 Å². The van der Waals surface area contributed by atoms with E-state index in [1.807, 2.05) is 42.5 Å². The van der Waals surface area contributed by atoms with Gasteiger partial charge >= 0.3 is 0 Å². The predicted molar refractivity (Wildman–Crippen MR) is 112 cm³/mol. The quantitative estimate of drug-likeness (QED) is 0.517. The van der Waals surface area contributed by atoms with Crippen LogP contribution in [0.5, 0.6) is 5.75 Å². The van der Waals surface area contributed by atoms with Crippen molar-refractivity contribution < 1.29 is 9.53 Å². The van der Waals surface area contributed by atoms with Gasteiger partial charge in [-0.3, -0.25) is 15.1 Å². The predicted octanol–water partition coefficient (Wildman–Crippen LogP) is 4.74. The van der Waals surface area contributed by atoms with Gasteiger partial charge in [0.15, 0.2) is 5.13 Å². The summed E-state index contributed by atoms with van der Waals surface area (Å²) in [5.74, 6) is 0.502. The van der Waals surface area contributed by atoms with Crippen molar-refractivity contribution in [1.29, 1.82) is 0 Å². The summed E-state index contributed by atoms with van der Waals surface area (Å²) in [5, 5.41) is 3.37. The number of nitrogens with one attached hydrogen (secondary N) is 1. The summed E-state index contributed by atoms with van der Waals surface area (Å²) < 4.78 is 6.18. The first-order valence-electron chi connectivity index (χ1n) is 8.96. The maximum Gasteiger partial charge on any atom is 0.276 e. The number of anilines is 1. The van der Waals surface area contributed by atoms with E-state index in [2.05, 4.69) is 27.4 Å². The Morgan fingerprint density at radius 3 is 2.61 bits per heavy atom. The highest BCUT2D eigenvalue weighted by Crippen LogP contribution is 2.29. The molecular weight excluding hydrogens is 370 g/mol. The Morgan fingerprint density at radius 1 is 1.04 bits per heavy atom. The molecule has 1 N–H and O–H groups in total. The Labute approximate surface area is 167 Å². The maximum absolute atomic E-state index is 12.5. The molecule has 0 atom stereocenters. The number of benzene rings is 2. The lowest BCUT2D eigenvalue weighted by Crippen LogP contribution is -2.13. The molecule has 0 aliphatic carbocycles. The fourth-order valence-electron chi connectivity index (χ4n) is 2.89.